The number of carbonyl (C=O) groups is 1. The van der Waals surface area contributed by atoms with Gasteiger partial charge in [-0.25, -0.2) is 4.98 Å². The van der Waals surface area contributed by atoms with Crippen LogP contribution in [-0.2, 0) is 4.79 Å². The first-order valence-electron chi connectivity index (χ1n) is 6.19. The Bertz CT molecular complexity index is 719. The van der Waals surface area contributed by atoms with E-state index in [4.69, 9.17) is 21.5 Å². The number of hydrogen-bond donors (Lipinski definition) is 2. The second-order valence-electron chi connectivity index (χ2n) is 4.15. The van der Waals surface area contributed by atoms with E-state index in [0.29, 0.717) is 23.4 Å². The molecule has 0 aliphatic carbocycles. The monoisotopic (exact) mass is 283 g/mol. The molecular formula is C14H13N5O2. The number of nitriles is 1. The highest BCUT2D eigenvalue weighted by Crippen LogP contribution is 2.26. The van der Waals surface area contributed by atoms with Crippen molar-refractivity contribution in [3.05, 3.63) is 29.8 Å². The van der Waals surface area contributed by atoms with E-state index in [9.17, 15) is 4.79 Å². The molecule has 7 nitrogen and oxygen atoms in total. The minimum atomic E-state index is -0.323. The van der Waals surface area contributed by atoms with E-state index in [0.717, 1.165) is 0 Å². The standard InChI is InChI=1S/C14H13N5O2/c1-2-11(20)21-9-5-3-8(4-6-9)12-10(7-15)13(16)19-14(17)18-12/h3-6H,2H2,1H3,(H4,16,17,18,19). The third kappa shape index (κ3) is 3.06. The zero-order valence-electron chi connectivity index (χ0n) is 11.3. The molecule has 0 bridgehead atoms. The first-order valence-corrected chi connectivity index (χ1v) is 6.19. The summed E-state index contributed by atoms with van der Waals surface area (Å²) in [5.74, 6) is 0.111. The molecule has 0 radical (unpaired) electrons. The van der Waals surface area contributed by atoms with Crippen LogP contribution in [0.2, 0.25) is 0 Å². The van der Waals surface area contributed by atoms with Crippen LogP contribution in [0.15, 0.2) is 24.3 Å². The van der Waals surface area contributed by atoms with Crippen molar-refractivity contribution in [1.29, 1.82) is 5.26 Å². The number of carbonyl (C=O) groups excluding carboxylic acids is 1. The molecule has 0 fully saturated rings. The van der Waals surface area contributed by atoms with Gasteiger partial charge in [-0.05, 0) is 24.3 Å². The highest BCUT2D eigenvalue weighted by Gasteiger charge is 2.13. The van der Waals surface area contributed by atoms with Gasteiger partial charge in [0.05, 0.1) is 5.69 Å². The van der Waals surface area contributed by atoms with Crippen LogP contribution in [0.4, 0.5) is 11.8 Å². The van der Waals surface area contributed by atoms with Crippen molar-refractivity contribution in [3.8, 4) is 23.1 Å². The van der Waals surface area contributed by atoms with Crippen LogP contribution in [0.5, 0.6) is 5.75 Å². The Labute approximate surface area is 121 Å². The Morgan fingerprint density at radius 2 is 1.95 bits per heavy atom. The van der Waals surface area contributed by atoms with Gasteiger partial charge in [0.15, 0.2) is 0 Å². The van der Waals surface area contributed by atoms with Crippen LogP contribution in [-0.4, -0.2) is 15.9 Å². The molecule has 2 rings (SSSR count). The van der Waals surface area contributed by atoms with Crippen LogP contribution >= 0.6 is 0 Å². The number of hydrogen-bond acceptors (Lipinski definition) is 7. The lowest BCUT2D eigenvalue weighted by atomic mass is 10.1. The van der Waals surface area contributed by atoms with Gasteiger partial charge in [0.25, 0.3) is 0 Å². The van der Waals surface area contributed by atoms with E-state index in [2.05, 4.69) is 9.97 Å². The van der Waals surface area contributed by atoms with E-state index in [1.54, 1.807) is 31.2 Å². The van der Waals surface area contributed by atoms with Crippen LogP contribution < -0.4 is 16.2 Å². The number of ether oxygens (including phenoxy) is 1. The molecule has 0 saturated heterocycles. The van der Waals surface area contributed by atoms with Crippen molar-refractivity contribution in [2.24, 2.45) is 0 Å². The molecule has 1 aromatic carbocycles. The molecule has 1 aromatic heterocycles. The summed E-state index contributed by atoms with van der Waals surface area (Å²) < 4.78 is 5.07. The van der Waals surface area contributed by atoms with Crippen molar-refractivity contribution in [2.45, 2.75) is 13.3 Å². The number of esters is 1. The molecule has 0 unspecified atom stereocenters. The van der Waals surface area contributed by atoms with Gasteiger partial charge >= 0.3 is 5.97 Å². The van der Waals surface area contributed by atoms with Gasteiger partial charge < -0.3 is 16.2 Å². The van der Waals surface area contributed by atoms with E-state index in [1.807, 2.05) is 6.07 Å². The van der Waals surface area contributed by atoms with Crippen molar-refractivity contribution >= 4 is 17.7 Å². The molecule has 0 aliphatic rings. The summed E-state index contributed by atoms with van der Waals surface area (Å²) in [4.78, 5) is 19.0. The number of benzene rings is 1. The molecular weight excluding hydrogens is 270 g/mol. The van der Waals surface area contributed by atoms with Gasteiger partial charge in [-0.2, -0.15) is 10.2 Å². The third-order valence-corrected chi connectivity index (χ3v) is 2.71. The molecule has 0 amide bonds. The van der Waals surface area contributed by atoms with E-state index in [-0.39, 0.29) is 23.3 Å². The third-order valence-electron chi connectivity index (χ3n) is 2.71. The number of anilines is 2. The van der Waals surface area contributed by atoms with Gasteiger partial charge in [-0.15, -0.1) is 0 Å². The average molecular weight is 283 g/mol. The number of aromatic nitrogens is 2. The molecule has 21 heavy (non-hydrogen) atoms. The Balaban J connectivity index is 2.40. The van der Waals surface area contributed by atoms with Gasteiger partial charge in [-0.3, -0.25) is 4.79 Å². The van der Waals surface area contributed by atoms with E-state index < -0.39 is 0 Å². The second-order valence-corrected chi connectivity index (χ2v) is 4.15. The first-order chi connectivity index (χ1) is 10.0. The minimum Gasteiger partial charge on any atom is -0.427 e. The summed E-state index contributed by atoms with van der Waals surface area (Å²) in [6.07, 6.45) is 0.291. The minimum absolute atomic E-state index is 0.0111. The highest BCUT2D eigenvalue weighted by atomic mass is 16.5. The summed E-state index contributed by atoms with van der Waals surface area (Å²) in [5.41, 5.74) is 12.3. The van der Waals surface area contributed by atoms with Crippen molar-refractivity contribution < 1.29 is 9.53 Å². The SMILES string of the molecule is CCC(=O)Oc1ccc(-c2nc(N)nc(N)c2C#N)cc1. The molecule has 0 saturated carbocycles. The smallest absolute Gasteiger partial charge is 0.310 e. The second kappa shape index (κ2) is 5.88. The summed E-state index contributed by atoms with van der Waals surface area (Å²) in [7, 11) is 0. The Morgan fingerprint density at radius 1 is 1.29 bits per heavy atom. The zero-order valence-corrected chi connectivity index (χ0v) is 11.3. The normalized spacial score (nSPS) is 9.90. The molecule has 0 aliphatic heterocycles. The quantitative estimate of drug-likeness (QED) is 0.645. The van der Waals surface area contributed by atoms with Gasteiger partial charge in [0, 0.05) is 12.0 Å². The molecule has 106 valence electrons. The summed E-state index contributed by atoms with van der Waals surface area (Å²) >= 11 is 0. The van der Waals surface area contributed by atoms with Crippen molar-refractivity contribution in [1.82, 2.24) is 9.97 Å². The predicted octanol–water partition coefficient (Wildman–Crippen LogP) is 1.50. The largest absolute Gasteiger partial charge is 0.427 e. The summed E-state index contributed by atoms with van der Waals surface area (Å²) in [6, 6.07) is 8.51. The van der Waals surface area contributed by atoms with Gasteiger partial charge in [-0.1, -0.05) is 6.92 Å². The predicted molar refractivity (Wildman–Crippen MR) is 76.9 cm³/mol. The number of rotatable bonds is 3. The van der Waals surface area contributed by atoms with E-state index >= 15 is 0 Å². The highest BCUT2D eigenvalue weighted by molar-refractivity contribution is 5.75. The lowest BCUT2D eigenvalue weighted by Crippen LogP contribution is -2.06. The molecule has 2 aromatic rings. The summed E-state index contributed by atoms with van der Waals surface area (Å²) in [6.45, 7) is 1.71. The maximum atomic E-state index is 11.2. The molecule has 4 N–H and O–H groups in total. The molecule has 7 heteroatoms. The van der Waals surface area contributed by atoms with Crippen LogP contribution in [0.3, 0.4) is 0 Å². The van der Waals surface area contributed by atoms with Crippen molar-refractivity contribution in [2.75, 3.05) is 11.5 Å². The Hall–Kier alpha value is -3.14. The molecule has 1 heterocycles. The van der Waals surface area contributed by atoms with E-state index in [1.165, 1.54) is 0 Å². The van der Waals surface area contributed by atoms with Crippen LogP contribution in [0.1, 0.15) is 18.9 Å². The first kappa shape index (κ1) is 14.3. The maximum Gasteiger partial charge on any atom is 0.310 e. The van der Waals surface area contributed by atoms with Crippen LogP contribution in [0, 0.1) is 11.3 Å². The fourth-order valence-electron chi connectivity index (χ4n) is 1.70. The Morgan fingerprint density at radius 3 is 2.52 bits per heavy atom. The summed E-state index contributed by atoms with van der Waals surface area (Å²) in [5, 5.41) is 9.14. The number of nitrogens with zero attached hydrogens (tertiary/aromatic N) is 3. The lowest BCUT2D eigenvalue weighted by Gasteiger charge is -2.07. The zero-order chi connectivity index (χ0) is 15.4. The number of nitrogen functional groups attached to an aromatic ring is 2. The topological polar surface area (TPSA) is 128 Å². The van der Waals surface area contributed by atoms with Gasteiger partial charge in [0.1, 0.15) is 23.2 Å². The molecule has 0 atom stereocenters. The van der Waals surface area contributed by atoms with Crippen molar-refractivity contribution in [3.63, 3.8) is 0 Å². The fraction of sp³-hybridized carbons (Fsp3) is 0.143. The van der Waals surface area contributed by atoms with Gasteiger partial charge in [0.2, 0.25) is 5.95 Å². The Kier molecular flexibility index (Phi) is 4.00. The lowest BCUT2D eigenvalue weighted by molar-refractivity contribution is -0.134. The average Bonchev–Trinajstić information content (AvgIpc) is 2.47. The fourth-order valence-corrected chi connectivity index (χ4v) is 1.70. The number of nitrogens with two attached hydrogens (primary N) is 2. The molecule has 0 spiro atoms. The van der Waals surface area contributed by atoms with Crippen LogP contribution in [0.25, 0.3) is 11.3 Å². The maximum absolute atomic E-state index is 11.2.